The number of aryl methyl sites for hydroxylation is 1. The van der Waals surface area contributed by atoms with Gasteiger partial charge in [-0.15, -0.1) is 0 Å². The monoisotopic (exact) mass is 277 g/mol. The second-order valence-electron chi connectivity index (χ2n) is 4.38. The Kier molecular flexibility index (Phi) is 4.45. The summed E-state index contributed by atoms with van der Waals surface area (Å²) in [6, 6.07) is 6.12. The van der Waals surface area contributed by atoms with E-state index in [1.54, 1.807) is 25.6 Å². The normalized spacial score (nSPS) is 12.2. The number of benzene rings is 1. The molecule has 0 spiro atoms. The van der Waals surface area contributed by atoms with Gasteiger partial charge in [-0.25, -0.2) is 0 Å². The molecule has 0 aliphatic heterocycles. The zero-order chi connectivity index (χ0) is 13.8. The molecule has 0 radical (unpaired) electrons. The van der Waals surface area contributed by atoms with Gasteiger partial charge in [0.15, 0.2) is 0 Å². The average molecular weight is 277 g/mol. The smallest absolute Gasteiger partial charge is 0.122 e. The van der Waals surface area contributed by atoms with Crippen molar-refractivity contribution in [2.75, 3.05) is 21.3 Å². The highest BCUT2D eigenvalue weighted by atomic mass is 32.1. The summed E-state index contributed by atoms with van der Waals surface area (Å²) in [5, 5.41) is 7.71. The Hall–Kier alpha value is -1.52. The van der Waals surface area contributed by atoms with Gasteiger partial charge < -0.3 is 14.8 Å². The molecule has 1 unspecified atom stereocenters. The van der Waals surface area contributed by atoms with Gasteiger partial charge in [0.05, 0.1) is 20.3 Å². The largest absolute Gasteiger partial charge is 0.497 e. The summed E-state index contributed by atoms with van der Waals surface area (Å²) in [5.74, 6) is 1.62. The Bertz CT molecular complexity index is 529. The van der Waals surface area contributed by atoms with Crippen LogP contribution in [0.3, 0.4) is 0 Å². The third-order valence-corrected chi connectivity index (χ3v) is 4.08. The molecular formula is C15H19NO2S. The Labute approximate surface area is 118 Å². The summed E-state index contributed by atoms with van der Waals surface area (Å²) >= 11 is 1.72. The molecule has 1 atom stereocenters. The van der Waals surface area contributed by atoms with Crippen molar-refractivity contribution in [3.05, 3.63) is 45.6 Å². The number of methoxy groups -OCH3 is 2. The van der Waals surface area contributed by atoms with Gasteiger partial charge >= 0.3 is 0 Å². The summed E-state index contributed by atoms with van der Waals surface area (Å²) in [7, 11) is 5.30. The van der Waals surface area contributed by atoms with Gasteiger partial charge in [0.2, 0.25) is 0 Å². The molecule has 1 aromatic carbocycles. The number of rotatable bonds is 5. The Balaban J connectivity index is 2.46. The molecule has 0 amide bonds. The van der Waals surface area contributed by atoms with E-state index in [0.29, 0.717) is 0 Å². The second-order valence-corrected chi connectivity index (χ2v) is 5.12. The molecule has 4 heteroatoms. The molecule has 0 aliphatic carbocycles. The van der Waals surface area contributed by atoms with Crippen molar-refractivity contribution in [2.24, 2.45) is 0 Å². The van der Waals surface area contributed by atoms with Gasteiger partial charge in [-0.2, -0.15) is 11.3 Å². The molecule has 2 rings (SSSR count). The number of nitrogens with one attached hydrogen (secondary N) is 1. The van der Waals surface area contributed by atoms with Crippen molar-refractivity contribution in [1.82, 2.24) is 5.32 Å². The zero-order valence-electron chi connectivity index (χ0n) is 11.7. The molecule has 2 aromatic rings. The number of hydrogen-bond acceptors (Lipinski definition) is 4. The van der Waals surface area contributed by atoms with Crippen molar-refractivity contribution in [3.63, 3.8) is 0 Å². The fraction of sp³-hybridized carbons (Fsp3) is 0.333. The first-order chi connectivity index (χ1) is 9.19. The van der Waals surface area contributed by atoms with E-state index < -0.39 is 0 Å². The Morgan fingerprint density at radius 2 is 1.68 bits per heavy atom. The van der Waals surface area contributed by atoms with Gasteiger partial charge in [0, 0.05) is 6.07 Å². The van der Waals surface area contributed by atoms with E-state index in [0.717, 1.165) is 17.1 Å². The van der Waals surface area contributed by atoms with Crippen LogP contribution in [0.15, 0.2) is 29.0 Å². The predicted molar refractivity (Wildman–Crippen MR) is 79.5 cm³/mol. The topological polar surface area (TPSA) is 30.5 Å². The molecule has 1 heterocycles. The number of ether oxygens (including phenoxy) is 2. The maximum atomic E-state index is 5.33. The van der Waals surface area contributed by atoms with Crippen LogP contribution in [0.25, 0.3) is 0 Å². The Morgan fingerprint density at radius 3 is 2.11 bits per heavy atom. The van der Waals surface area contributed by atoms with Crippen LogP contribution in [0.2, 0.25) is 0 Å². The Morgan fingerprint density at radius 1 is 1.05 bits per heavy atom. The van der Waals surface area contributed by atoms with E-state index in [-0.39, 0.29) is 6.04 Å². The molecule has 0 saturated carbocycles. The van der Waals surface area contributed by atoms with E-state index in [9.17, 15) is 0 Å². The molecule has 102 valence electrons. The highest BCUT2D eigenvalue weighted by molar-refractivity contribution is 7.08. The van der Waals surface area contributed by atoms with E-state index in [1.807, 2.05) is 25.2 Å². The third-order valence-electron chi connectivity index (χ3n) is 3.20. The molecule has 19 heavy (non-hydrogen) atoms. The highest BCUT2D eigenvalue weighted by Crippen LogP contribution is 2.32. The molecule has 0 bridgehead atoms. The highest BCUT2D eigenvalue weighted by Gasteiger charge is 2.16. The third kappa shape index (κ3) is 2.91. The van der Waals surface area contributed by atoms with Crippen molar-refractivity contribution in [2.45, 2.75) is 13.0 Å². The van der Waals surface area contributed by atoms with Crippen LogP contribution in [0.1, 0.15) is 22.7 Å². The van der Waals surface area contributed by atoms with Gasteiger partial charge in [-0.1, -0.05) is 0 Å². The lowest BCUT2D eigenvalue weighted by atomic mass is 9.98. The van der Waals surface area contributed by atoms with Gasteiger partial charge in [0.1, 0.15) is 11.5 Å². The average Bonchev–Trinajstić information content (AvgIpc) is 2.85. The van der Waals surface area contributed by atoms with E-state index >= 15 is 0 Å². The van der Waals surface area contributed by atoms with Crippen molar-refractivity contribution < 1.29 is 9.47 Å². The summed E-state index contributed by atoms with van der Waals surface area (Å²) in [5.41, 5.74) is 3.73. The lowest BCUT2D eigenvalue weighted by Gasteiger charge is -2.18. The van der Waals surface area contributed by atoms with Crippen LogP contribution in [0.4, 0.5) is 0 Å². The second kappa shape index (κ2) is 6.08. The van der Waals surface area contributed by atoms with E-state index in [2.05, 4.69) is 23.0 Å². The molecule has 1 aromatic heterocycles. The first-order valence-corrected chi connectivity index (χ1v) is 7.06. The molecule has 0 aliphatic rings. The minimum atomic E-state index is 0.148. The van der Waals surface area contributed by atoms with Crippen molar-refractivity contribution in [3.8, 4) is 11.5 Å². The first kappa shape index (κ1) is 13.9. The van der Waals surface area contributed by atoms with Crippen LogP contribution in [0.5, 0.6) is 11.5 Å². The van der Waals surface area contributed by atoms with Crippen LogP contribution < -0.4 is 14.8 Å². The molecule has 0 saturated heterocycles. The van der Waals surface area contributed by atoms with Crippen LogP contribution in [0, 0.1) is 6.92 Å². The van der Waals surface area contributed by atoms with Crippen molar-refractivity contribution >= 4 is 11.3 Å². The summed E-state index contributed by atoms with van der Waals surface area (Å²) in [6.07, 6.45) is 0. The lowest BCUT2D eigenvalue weighted by Crippen LogP contribution is -2.18. The molecule has 0 fully saturated rings. The van der Waals surface area contributed by atoms with Gasteiger partial charge in [0.25, 0.3) is 0 Å². The predicted octanol–water partition coefficient (Wildman–Crippen LogP) is 3.38. The molecule has 1 N–H and O–H groups in total. The standard InChI is InChI=1S/C15H19NO2S/c1-10-8-19-9-14(10)15(16-2)11-5-12(17-3)7-13(6-11)18-4/h5-9,15-16H,1-4H3. The first-order valence-electron chi connectivity index (χ1n) is 6.12. The summed E-state index contributed by atoms with van der Waals surface area (Å²) < 4.78 is 10.7. The van der Waals surface area contributed by atoms with E-state index in [4.69, 9.17) is 9.47 Å². The zero-order valence-corrected chi connectivity index (χ0v) is 12.5. The maximum Gasteiger partial charge on any atom is 0.122 e. The number of hydrogen-bond donors (Lipinski definition) is 1. The van der Waals surface area contributed by atoms with Gasteiger partial charge in [-0.05, 0) is 53.6 Å². The lowest BCUT2D eigenvalue weighted by molar-refractivity contribution is 0.392. The quantitative estimate of drug-likeness (QED) is 0.909. The summed E-state index contributed by atoms with van der Waals surface area (Å²) in [4.78, 5) is 0. The SMILES string of the molecule is CNC(c1cc(OC)cc(OC)c1)c1cscc1C. The minimum Gasteiger partial charge on any atom is -0.497 e. The molecule has 3 nitrogen and oxygen atoms in total. The van der Waals surface area contributed by atoms with E-state index in [1.165, 1.54) is 11.1 Å². The van der Waals surface area contributed by atoms with Crippen LogP contribution in [-0.2, 0) is 0 Å². The fourth-order valence-electron chi connectivity index (χ4n) is 2.16. The maximum absolute atomic E-state index is 5.33. The molecular weight excluding hydrogens is 258 g/mol. The fourth-order valence-corrected chi connectivity index (χ4v) is 3.04. The van der Waals surface area contributed by atoms with Crippen LogP contribution in [-0.4, -0.2) is 21.3 Å². The van der Waals surface area contributed by atoms with Crippen LogP contribution >= 0.6 is 11.3 Å². The van der Waals surface area contributed by atoms with Gasteiger partial charge in [-0.3, -0.25) is 0 Å². The summed E-state index contributed by atoms with van der Waals surface area (Å²) in [6.45, 7) is 2.13. The number of thiophene rings is 1. The minimum absolute atomic E-state index is 0.148. The van der Waals surface area contributed by atoms with Crippen molar-refractivity contribution in [1.29, 1.82) is 0 Å².